The van der Waals surface area contributed by atoms with Crippen molar-refractivity contribution in [2.75, 3.05) is 0 Å². The van der Waals surface area contributed by atoms with E-state index in [0.717, 1.165) is 11.8 Å². The minimum absolute atomic E-state index is 0.886. The van der Waals surface area contributed by atoms with Crippen molar-refractivity contribution in [3.63, 3.8) is 0 Å². The summed E-state index contributed by atoms with van der Waals surface area (Å²) in [7, 11) is 0. The third-order valence-corrected chi connectivity index (χ3v) is 2.96. The molecule has 0 heterocycles. The van der Waals surface area contributed by atoms with E-state index in [-0.39, 0.29) is 0 Å². The van der Waals surface area contributed by atoms with Crippen LogP contribution in [0.3, 0.4) is 0 Å². The molecule has 1 aliphatic rings. The Balaban J connectivity index is 2.13. The summed E-state index contributed by atoms with van der Waals surface area (Å²) in [6, 6.07) is 0. The molecule has 1 saturated carbocycles. The average molecular weight is 152 g/mol. The van der Waals surface area contributed by atoms with Gasteiger partial charge in [0.2, 0.25) is 0 Å². The van der Waals surface area contributed by atoms with Gasteiger partial charge >= 0.3 is 0 Å². The zero-order valence-corrected chi connectivity index (χ0v) is 7.90. The molecule has 0 radical (unpaired) electrons. The van der Waals surface area contributed by atoms with Gasteiger partial charge in [-0.05, 0) is 31.1 Å². The van der Waals surface area contributed by atoms with Gasteiger partial charge in [0, 0.05) is 0 Å². The first-order chi connectivity index (χ1) is 5.27. The number of rotatable bonds is 4. The third kappa shape index (κ3) is 2.08. The summed E-state index contributed by atoms with van der Waals surface area (Å²) < 4.78 is 0. The molecule has 0 saturated heterocycles. The SMILES string of the molecule is C=C(CC)C1CC(CCC)C1. The molecule has 0 aromatic heterocycles. The van der Waals surface area contributed by atoms with E-state index >= 15 is 0 Å². The predicted molar refractivity (Wildman–Crippen MR) is 50.6 cm³/mol. The summed E-state index contributed by atoms with van der Waals surface area (Å²) in [4.78, 5) is 0. The molecule has 64 valence electrons. The van der Waals surface area contributed by atoms with Crippen molar-refractivity contribution in [3.8, 4) is 0 Å². The molecular weight excluding hydrogens is 132 g/mol. The van der Waals surface area contributed by atoms with E-state index in [0.29, 0.717) is 0 Å². The Morgan fingerprint density at radius 2 is 2.00 bits per heavy atom. The Bertz CT molecular complexity index is 129. The van der Waals surface area contributed by atoms with Crippen LogP contribution in [0.2, 0.25) is 0 Å². The van der Waals surface area contributed by atoms with Crippen LogP contribution in [-0.4, -0.2) is 0 Å². The molecule has 1 aliphatic carbocycles. The van der Waals surface area contributed by atoms with Crippen LogP contribution < -0.4 is 0 Å². The van der Waals surface area contributed by atoms with E-state index in [1.807, 2.05) is 0 Å². The smallest absolute Gasteiger partial charge is 0.0201 e. The van der Waals surface area contributed by atoms with Crippen molar-refractivity contribution >= 4 is 0 Å². The second-order valence-electron chi connectivity index (χ2n) is 3.83. The molecule has 1 rings (SSSR count). The van der Waals surface area contributed by atoms with Crippen LogP contribution in [0.4, 0.5) is 0 Å². The molecule has 0 heteroatoms. The zero-order valence-electron chi connectivity index (χ0n) is 7.90. The Kier molecular flexibility index (Phi) is 3.16. The van der Waals surface area contributed by atoms with Gasteiger partial charge in [0.15, 0.2) is 0 Å². The fourth-order valence-electron chi connectivity index (χ4n) is 2.00. The second kappa shape index (κ2) is 3.94. The first kappa shape index (κ1) is 8.83. The van der Waals surface area contributed by atoms with E-state index in [1.54, 1.807) is 0 Å². The van der Waals surface area contributed by atoms with Gasteiger partial charge in [-0.15, -0.1) is 0 Å². The quantitative estimate of drug-likeness (QED) is 0.538. The molecule has 0 aromatic rings. The largest absolute Gasteiger partial charge is 0.0996 e. The monoisotopic (exact) mass is 152 g/mol. The third-order valence-electron chi connectivity index (χ3n) is 2.96. The predicted octanol–water partition coefficient (Wildman–Crippen LogP) is 3.78. The lowest BCUT2D eigenvalue weighted by molar-refractivity contribution is 0.210. The molecule has 1 fully saturated rings. The van der Waals surface area contributed by atoms with Gasteiger partial charge in [0.1, 0.15) is 0 Å². The Morgan fingerprint density at radius 3 is 2.45 bits per heavy atom. The van der Waals surface area contributed by atoms with Crippen LogP contribution in [0.5, 0.6) is 0 Å². The minimum Gasteiger partial charge on any atom is -0.0996 e. The molecule has 0 aromatic carbocycles. The summed E-state index contributed by atoms with van der Waals surface area (Å²) >= 11 is 0. The van der Waals surface area contributed by atoms with Gasteiger partial charge in [-0.2, -0.15) is 0 Å². The summed E-state index contributed by atoms with van der Waals surface area (Å²) in [5, 5.41) is 0. The molecule has 0 amide bonds. The van der Waals surface area contributed by atoms with E-state index < -0.39 is 0 Å². The van der Waals surface area contributed by atoms with Crippen molar-refractivity contribution in [2.45, 2.75) is 46.0 Å². The van der Waals surface area contributed by atoms with Crippen molar-refractivity contribution in [1.29, 1.82) is 0 Å². The minimum atomic E-state index is 0.886. The van der Waals surface area contributed by atoms with Gasteiger partial charge in [-0.1, -0.05) is 38.8 Å². The maximum Gasteiger partial charge on any atom is -0.0201 e. The molecule has 0 bridgehead atoms. The van der Waals surface area contributed by atoms with Gasteiger partial charge in [0.25, 0.3) is 0 Å². The van der Waals surface area contributed by atoms with Crippen LogP contribution in [0.1, 0.15) is 46.0 Å². The zero-order chi connectivity index (χ0) is 8.27. The number of hydrogen-bond acceptors (Lipinski definition) is 0. The standard InChI is InChI=1S/C11H20/c1-4-6-10-7-11(8-10)9(3)5-2/h10-11H,3-8H2,1-2H3. The van der Waals surface area contributed by atoms with Gasteiger partial charge < -0.3 is 0 Å². The summed E-state index contributed by atoms with van der Waals surface area (Å²) in [5.74, 6) is 1.92. The van der Waals surface area contributed by atoms with Gasteiger partial charge in [-0.25, -0.2) is 0 Å². The first-order valence-electron chi connectivity index (χ1n) is 4.95. The van der Waals surface area contributed by atoms with Crippen LogP contribution in [-0.2, 0) is 0 Å². The van der Waals surface area contributed by atoms with Crippen LogP contribution >= 0.6 is 0 Å². The van der Waals surface area contributed by atoms with Crippen LogP contribution in [0.25, 0.3) is 0 Å². The molecule has 0 aliphatic heterocycles. The molecule has 0 unspecified atom stereocenters. The van der Waals surface area contributed by atoms with Crippen LogP contribution in [0, 0.1) is 11.8 Å². The highest BCUT2D eigenvalue weighted by Gasteiger charge is 2.28. The lowest BCUT2D eigenvalue weighted by Crippen LogP contribution is -2.24. The van der Waals surface area contributed by atoms with E-state index in [1.165, 1.54) is 37.7 Å². The highest BCUT2D eigenvalue weighted by Crippen LogP contribution is 2.41. The maximum atomic E-state index is 4.09. The summed E-state index contributed by atoms with van der Waals surface area (Å²) in [6.45, 7) is 8.59. The Labute approximate surface area is 70.7 Å². The second-order valence-corrected chi connectivity index (χ2v) is 3.83. The lowest BCUT2D eigenvalue weighted by atomic mass is 9.69. The first-order valence-corrected chi connectivity index (χ1v) is 4.95. The summed E-state index contributed by atoms with van der Waals surface area (Å²) in [6.07, 6.45) is 6.84. The van der Waals surface area contributed by atoms with Crippen molar-refractivity contribution in [2.24, 2.45) is 11.8 Å². The van der Waals surface area contributed by atoms with Gasteiger partial charge in [-0.3, -0.25) is 0 Å². The normalized spacial score (nSPS) is 29.6. The fraction of sp³-hybridized carbons (Fsp3) is 0.818. The fourth-order valence-corrected chi connectivity index (χ4v) is 2.00. The molecule has 0 atom stereocenters. The van der Waals surface area contributed by atoms with Crippen molar-refractivity contribution in [1.82, 2.24) is 0 Å². The van der Waals surface area contributed by atoms with Crippen molar-refractivity contribution in [3.05, 3.63) is 12.2 Å². The van der Waals surface area contributed by atoms with E-state index in [4.69, 9.17) is 0 Å². The Morgan fingerprint density at radius 1 is 1.36 bits per heavy atom. The average Bonchev–Trinajstić information content (AvgIpc) is 1.94. The number of hydrogen-bond donors (Lipinski definition) is 0. The highest BCUT2D eigenvalue weighted by atomic mass is 14.3. The van der Waals surface area contributed by atoms with E-state index in [9.17, 15) is 0 Å². The summed E-state index contributed by atoms with van der Waals surface area (Å²) in [5.41, 5.74) is 1.48. The van der Waals surface area contributed by atoms with Crippen LogP contribution in [0.15, 0.2) is 12.2 Å². The Hall–Kier alpha value is -0.260. The van der Waals surface area contributed by atoms with Gasteiger partial charge in [0.05, 0.1) is 0 Å². The van der Waals surface area contributed by atoms with Crippen molar-refractivity contribution < 1.29 is 0 Å². The topological polar surface area (TPSA) is 0 Å². The molecule has 0 N–H and O–H groups in total. The number of allylic oxidation sites excluding steroid dienone is 1. The molecule has 0 spiro atoms. The molecule has 0 nitrogen and oxygen atoms in total. The molecular formula is C11H20. The molecule has 11 heavy (non-hydrogen) atoms. The highest BCUT2D eigenvalue weighted by molar-refractivity contribution is 5.05. The van der Waals surface area contributed by atoms with E-state index in [2.05, 4.69) is 20.4 Å². The lowest BCUT2D eigenvalue weighted by Gasteiger charge is -2.36. The maximum absolute atomic E-state index is 4.09.